The van der Waals surface area contributed by atoms with Crippen LogP contribution in [0.4, 0.5) is 13.2 Å². The highest BCUT2D eigenvalue weighted by atomic mass is 127. The first-order valence-electron chi connectivity index (χ1n) is 3.13. The number of pyridine rings is 1. The van der Waals surface area contributed by atoms with E-state index in [4.69, 9.17) is 0 Å². The van der Waals surface area contributed by atoms with Gasteiger partial charge in [-0.1, -0.05) is 0 Å². The lowest BCUT2D eigenvalue weighted by Gasteiger charge is -2.09. The summed E-state index contributed by atoms with van der Waals surface area (Å²) in [6.45, 7) is 0. The second-order valence-electron chi connectivity index (χ2n) is 2.17. The topological polar surface area (TPSA) is 42.1 Å². The van der Waals surface area contributed by atoms with Gasteiger partial charge in [0.15, 0.2) is 0 Å². The Hall–Kier alpha value is -0.000000000000000222. The van der Waals surface area contributed by atoms with Crippen molar-refractivity contribution in [2.45, 2.75) is 6.36 Å². The largest absolute Gasteiger partial charge is 0.574 e. The number of aromatic amines is 1. The number of alkyl halides is 3. The molecule has 1 heterocycles. The van der Waals surface area contributed by atoms with Gasteiger partial charge in [-0.15, -0.1) is 13.2 Å². The summed E-state index contributed by atoms with van der Waals surface area (Å²) in [5.74, 6) is -0.580. The second kappa shape index (κ2) is 4.24. The molecular formula is C6H2F3I2NO2. The lowest BCUT2D eigenvalue weighted by atomic mass is 10.5. The minimum absolute atomic E-state index is 0.198. The highest BCUT2D eigenvalue weighted by Gasteiger charge is 2.32. The number of nitrogens with one attached hydrogen (secondary N) is 1. The Bertz CT molecular complexity index is 401. The van der Waals surface area contributed by atoms with Crippen LogP contribution in [0.1, 0.15) is 0 Å². The van der Waals surface area contributed by atoms with Crippen LogP contribution in [0.5, 0.6) is 5.88 Å². The molecular weight excluding hydrogens is 429 g/mol. The molecule has 78 valence electrons. The lowest BCUT2D eigenvalue weighted by Crippen LogP contribution is -2.21. The zero-order valence-corrected chi connectivity index (χ0v) is 10.6. The van der Waals surface area contributed by atoms with Crippen LogP contribution in [0.3, 0.4) is 0 Å². The van der Waals surface area contributed by atoms with Gasteiger partial charge in [-0.3, -0.25) is 9.78 Å². The van der Waals surface area contributed by atoms with Crippen molar-refractivity contribution in [2.24, 2.45) is 0 Å². The first-order chi connectivity index (χ1) is 6.29. The van der Waals surface area contributed by atoms with Gasteiger partial charge in [-0.2, -0.15) is 0 Å². The molecule has 0 aliphatic rings. The van der Waals surface area contributed by atoms with E-state index in [9.17, 15) is 18.0 Å². The van der Waals surface area contributed by atoms with Gasteiger partial charge in [0, 0.05) is 0 Å². The van der Waals surface area contributed by atoms with Crippen LogP contribution < -0.4 is 10.3 Å². The molecule has 0 aliphatic carbocycles. The molecule has 1 aromatic heterocycles. The summed E-state index contributed by atoms with van der Waals surface area (Å²) in [7, 11) is 0. The Balaban J connectivity index is 3.11. The maximum absolute atomic E-state index is 11.8. The number of hydrogen-bond donors (Lipinski definition) is 1. The van der Waals surface area contributed by atoms with Crippen LogP contribution in [0.15, 0.2) is 10.9 Å². The van der Waals surface area contributed by atoms with Gasteiger partial charge in [-0.25, -0.2) is 0 Å². The molecule has 0 radical (unpaired) electrons. The van der Waals surface area contributed by atoms with E-state index in [-0.39, 0.29) is 3.57 Å². The average Bonchev–Trinajstić information content (AvgIpc) is 1.97. The van der Waals surface area contributed by atoms with Crippen LogP contribution in [0.25, 0.3) is 0 Å². The van der Waals surface area contributed by atoms with Crippen molar-refractivity contribution < 1.29 is 17.9 Å². The zero-order valence-electron chi connectivity index (χ0n) is 6.28. The predicted molar refractivity (Wildman–Crippen MR) is 59.2 cm³/mol. The van der Waals surface area contributed by atoms with Gasteiger partial charge in [0.1, 0.15) is 0 Å². The second-order valence-corrected chi connectivity index (χ2v) is 4.50. The molecule has 0 saturated heterocycles. The van der Waals surface area contributed by atoms with Crippen LogP contribution in [0.2, 0.25) is 0 Å². The summed E-state index contributed by atoms with van der Waals surface area (Å²) in [5, 5.41) is 0. The van der Waals surface area contributed by atoms with E-state index in [1.165, 1.54) is 6.07 Å². The molecule has 8 heteroatoms. The Morgan fingerprint density at radius 1 is 1.29 bits per heavy atom. The number of halogens is 5. The Kier molecular flexibility index (Phi) is 3.66. The van der Waals surface area contributed by atoms with E-state index >= 15 is 0 Å². The number of H-pyrrole nitrogens is 1. The standard InChI is InChI=1S/C6H2F3I2NO2/c7-6(8,9)14-5-3(11)1-2(10)4(13)12-5/h1H,(H,12,13). The monoisotopic (exact) mass is 431 g/mol. The highest BCUT2D eigenvalue weighted by molar-refractivity contribution is 14.1. The minimum Gasteiger partial charge on any atom is -0.389 e. The van der Waals surface area contributed by atoms with Crippen LogP contribution in [-0.4, -0.2) is 11.3 Å². The highest BCUT2D eigenvalue weighted by Crippen LogP contribution is 2.24. The van der Waals surface area contributed by atoms with E-state index in [0.717, 1.165) is 0 Å². The Morgan fingerprint density at radius 2 is 1.86 bits per heavy atom. The fraction of sp³-hybridized carbons (Fsp3) is 0.167. The SMILES string of the molecule is O=c1[nH]c(OC(F)(F)F)c(I)cc1I. The third-order valence-electron chi connectivity index (χ3n) is 1.13. The van der Waals surface area contributed by atoms with Gasteiger partial charge < -0.3 is 4.74 Å². The van der Waals surface area contributed by atoms with E-state index in [1.54, 1.807) is 45.2 Å². The van der Waals surface area contributed by atoms with E-state index in [2.05, 4.69) is 4.74 Å². The van der Waals surface area contributed by atoms with Crippen molar-refractivity contribution >= 4 is 45.2 Å². The molecule has 14 heavy (non-hydrogen) atoms. The van der Waals surface area contributed by atoms with Gasteiger partial charge in [0.25, 0.3) is 5.56 Å². The average molecular weight is 431 g/mol. The van der Waals surface area contributed by atoms with E-state index in [0.29, 0.717) is 3.57 Å². The smallest absolute Gasteiger partial charge is 0.389 e. The Morgan fingerprint density at radius 3 is 2.36 bits per heavy atom. The van der Waals surface area contributed by atoms with Crippen molar-refractivity contribution in [3.63, 3.8) is 0 Å². The molecule has 3 nitrogen and oxygen atoms in total. The third kappa shape index (κ3) is 3.29. The number of rotatable bonds is 1. The fourth-order valence-corrected chi connectivity index (χ4v) is 2.25. The molecule has 0 bridgehead atoms. The van der Waals surface area contributed by atoms with Gasteiger partial charge in [0.05, 0.1) is 7.14 Å². The summed E-state index contributed by atoms with van der Waals surface area (Å²) in [4.78, 5) is 13.0. The fourth-order valence-electron chi connectivity index (χ4n) is 0.655. The van der Waals surface area contributed by atoms with Crippen molar-refractivity contribution in [3.8, 4) is 5.88 Å². The zero-order chi connectivity index (χ0) is 10.9. The molecule has 0 fully saturated rings. The molecule has 0 atom stereocenters. The summed E-state index contributed by atoms with van der Waals surface area (Å²) in [5.41, 5.74) is -0.606. The third-order valence-corrected chi connectivity index (χ3v) is 2.73. The summed E-state index contributed by atoms with van der Waals surface area (Å²) < 4.78 is 39.5. The number of ether oxygens (including phenoxy) is 1. The van der Waals surface area contributed by atoms with Crippen molar-refractivity contribution in [1.82, 2.24) is 4.98 Å². The van der Waals surface area contributed by atoms with Crippen molar-refractivity contribution in [3.05, 3.63) is 23.6 Å². The quantitative estimate of drug-likeness (QED) is 0.695. The molecule has 0 amide bonds. The van der Waals surface area contributed by atoms with Gasteiger partial charge >= 0.3 is 6.36 Å². The van der Waals surface area contributed by atoms with Gasteiger partial charge in [0.2, 0.25) is 5.88 Å². The maximum Gasteiger partial charge on any atom is 0.574 e. The summed E-state index contributed by atoms with van der Waals surface area (Å²) >= 11 is 3.36. The molecule has 1 N–H and O–H groups in total. The predicted octanol–water partition coefficient (Wildman–Crippen LogP) is 2.48. The van der Waals surface area contributed by atoms with Gasteiger partial charge in [-0.05, 0) is 51.2 Å². The normalized spacial score (nSPS) is 11.5. The summed E-state index contributed by atoms with van der Waals surface area (Å²) in [6.07, 6.45) is -4.80. The maximum atomic E-state index is 11.8. The molecule has 0 aliphatic heterocycles. The van der Waals surface area contributed by atoms with E-state index in [1.807, 2.05) is 4.98 Å². The van der Waals surface area contributed by atoms with Crippen LogP contribution in [0, 0.1) is 7.14 Å². The molecule has 1 aromatic rings. The van der Waals surface area contributed by atoms with Crippen LogP contribution >= 0.6 is 45.2 Å². The number of aromatic nitrogens is 1. The minimum atomic E-state index is -4.80. The molecule has 0 spiro atoms. The Labute approximate surface area is 103 Å². The summed E-state index contributed by atoms with van der Waals surface area (Å²) in [6, 6.07) is 1.31. The van der Waals surface area contributed by atoms with Crippen molar-refractivity contribution in [1.29, 1.82) is 0 Å². The molecule has 0 aromatic carbocycles. The molecule has 0 unspecified atom stereocenters. The lowest BCUT2D eigenvalue weighted by molar-refractivity contribution is -0.276. The first-order valence-corrected chi connectivity index (χ1v) is 5.29. The molecule has 0 saturated carbocycles. The first kappa shape index (κ1) is 12.1. The number of hydrogen-bond acceptors (Lipinski definition) is 2. The molecule has 1 rings (SSSR count). The van der Waals surface area contributed by atoms with Crippen molar-refractivity contribution in [2.75, 3.05) is 0 Å². The van der Waals surface area contributed by atoms with E-state index < -0.39 is 17.8 Å². The van der Waals surface area contributed by atoms with Crippen LogP contribution in [-0.2, 0) is 0 Å².